The lowest BCUT2D eigenvalue weighted by Gasteiger charge is -2.21. The molecule has 0 amide bonds. The Morgan fingerprint density at radius 1 is 1.22 bits per heavy atom. The van der Waals surface area contributed by atoms with E-state index in [-0.39, 0.29) is 0 Å². The van der Waals surface area contributed by atoms with Crippen LogP contribution in [-0.4, -0.2) is 32.7 Å². The average Bonchev–Trinajstić information content (AvgIpc) is 3.04. The predicted molar refractivity (Wildman–Crippen MR) is 102 cm³/mol. The van der Waals surface area contributed by atoms with Crippen LogP contribution < -0.4 is 10.9 Å². The van der Waals surface area contributed by atoms with E-state index in [9.17, 15) is 19.8 Å². The number of aryl methyl sites for hydroxylation is 1. The Morgan fingerprint density at radius 3 is 2.74 bits per heavy atom. The molecule has 0 fully saturated rings. The van der Waals surface area contributed by atoms with E-state index in [1.165, 1.54) is 0 Å². The average molecular weight is 367 g/mol. The maximum absolute atomic E-state index is 12.2. The van der Waals surface area contributed by atoms with Crippen LogP contribution >= 0.6 is 0 Å². The lowest BCUT2D eigenvalue weighted by atomic mass is 9.86. The minimum absolute atomic E-state index is 0.425. The van der Waals surface area contributed by atoms with E-state index >= 15 is 0 Å². The highest BCUT2D eigenvalue weighted by Gasteiger charge is 2.27. The first kappa shape index (κ1) is 17.4. The number of carboxylic acids is 1. The van der Waals surface area contributed by atoms with Crippen LogP contribution in [-0.2, 0) is 19.4 Å². The molecule has 2 heterocycles. The van der Waals surface area contributed by atoms with Crippen LogP contribution in [0.15, 0.2) is 23.0 Å². The maximum Gasteiger partial charge on any atom is 0.345 e. The van der Waals surface area contributed by atoms with Crippen molar-refractivity contribution >= 4 is 16.9 Å². The summed E-state index contributed by atoms with van der Waals surface area (Å²) in [5.41, 5.74) is 3.66. The number of carboxylic acid groups (broad SMARTS) is 1. The van der Waals surface area contributed by atoms with E-state index < -0.39 is 22.8 Å². The van der Waals surface area contributed by atoms with Crippen molar-refractivity contribution in [1.29, 1.82) is 0 Å². The molecular formula is C20H21N3O4. The number of aromatic carboxylic acids is 1. The van der Waals surface area contributed by atoms with Crippen LogP contribution in [0.25, 0.3) is 22.2 Å². The SMILES string of the molecule is CCCNCc1cc2c3c(ccc2[nH]1)-c1[nH]c(=O)c(C(=O)O)c(O)c1CC3. The molecule has 0 bridgehead atoms. The van der Waals surface area contributed by atoms with Crippen molar-refractivity contribution in [2.45, 2.75) is 32.7 Å². The third-order valence-electron chi connectivity index (χ3n) is 5.11. The first-order chi connectivity index (χ1) is 13.0. The van der Waals surface area contributed by atoms with Gasteiger partial charge in [-0.3, -0.25) is 4.79 Å². The molecule has 0 aliphatic heterocycles. The molecule has 140 valence electrons. The molecule has 1 aromatic carbocycles. The summed E-state index contributed by atoms with van der Waals surface area (Å²) in [6.45, 7) is 3.83. The lowest BCUT2D eigenvalue weighted by Crippen LogP contribution is -2.22. The Labute approximate surface area is 155 Å². The van der Waals surface area contributed by atoms with Gasteiger partial charge in [0.15, 0.2) is 5.56 Å². The van der Waals surface area contributed by atoms with Crippen LogP contribution in [0.5, 0.6) is 5.75 Å². The third kappa shape index (κ3) is 2.80. The number of hydrogen-bond donors (Lipinski definition) is 5. The van der Waals surface area contributed by atoms with E-state index in [4.69, 9.17) is 0 Å². The van der Waals surface area contributed by atoms with Crippen LogP contribution in [0.2, 0.25) is 0 Å². The number of aromatic amines is 2. The second-order valence-electron chi connectivity index (χ2n) is 6.86. The van der Waals surface area contributed by atoms with Crippen molar-refractivity contribution in [2.75, 3.05) is 6.54 Å². The molecule has 0 saturated carbocycles. The number of fused-ring (bicyclic) bond motifs is 5. The Morgan fingerprint density at radius 2 is 2.00 bits per heavy atom. The Kier molecular flexibility index (Phi) is 4.24. The van der Waals surface area contributed by atoms with Gasteiger partial charge in [-0.1, -0.05) is 13.0 Å². The summed E-state index contributed by atoms with van der Waals surface area (Å²) < 4.78 is 0. The zero-order valence-electron chi connectivity index (χ0n) is 15.0. The first-order valence-electron chi connectivity index (χ1n) is 9.07. The fourth-order valence-corrected chi connectivity index (χ4v) is 3.87. The van der Waals surface area contributed by atoms with Crippen molar-refractivity contribution in [3.63, 3.8) is 0 Å². The molecule has 2 aromatic heterocycles. The molecule has 7 heteroatoms. The number of aromatic nitrogens is 2. The largest absolute Gasteiger partial charge is 0.506 e. The number of pyridine rings is 1. The van der Waals surface area contributed by atoms with Crippen molar-refractivity contribution in [3.05, 3.63) is 50.9 Å². The molecular weight excluding hydrogens is 346 g/mol. The van der Waals surface area contributed by atoms with Gasteiger partial charge in [-0.15, -0.1) is 0 Å². The molecule has 0 saturated heterocycles. The highest BCUT2D eigenvalue weighted by atomic mass is 16.4. The summed E-state index contributed by atoms with van der Waals surface area (Å²) in [5.74, 6) is -1.85. The number of H-pyrrole nitrogens is 2. The number of carbonyl (C=O) groups is 1. The lowest BCUT2D eigenvalue weighted by molar-refractivity contribution is 0.0691. The van der Waals surface area contributed by atoms with Crippen molar-refractivity contribution in [3.8, 4) is 17.0 Å². The van der Waals surface area contributed by atoms with Gasteiger partial charge >= 0.3 is 5.97 Å². The summed E-state index contributed by atoms with van der Waals surface area (Å²) in [6, 6.07) is 5.98. The third-order valence-corrected chi connectivity index (χ3v) is 5.11. The smallest absolute Gasteiger partial charge is 0.345 e. The van der Waals surface area contributed by atoms with E-state index in [0.717, 1.165) is 47.2 Å². The molecule has 0 unspecified atom stereocenters. The Balaban J connectivity index is 1.84. The molecule has 4 rings (SSSR count). The summed E-state index contributed by atoms with van der Waals surface area (Å²) in [5, 5.41) is 24.0. The van der Waals surface area contributed by atoms with Gasteiger partial charge in [-0.25, -0.2) is 4.79 Å². The zero-order valence-corrected chi connectivity index (χ0v) is 15.0. The standard InChI is InChI=1S/C20H21N3O4/c1-2-7-21-9-10-8-14-11-3-4-13-17(12(11)5-6-15(14)22-10)23-19(25)16(18(13)24)20(26)27/h5-6,8,21-22H,2-4,7,9H2,1H3,(H,26,27)(H2,23,24,25). The van der Waals surface area contributed by atoms with Gasteiger partial charge in [0.1, 0.15) is 5.75 Å². The summed E-state index contributed by atoms with van der Waals surface area (Å²) >= 11 is 0. The van der Waals surface area contributed by atoms with Gasteiger partial charge in [0.05, 0.1) is 5.69 Å². The van der Waals surface area contributed by atoms with Crippen molar-refractivity contribution in [1.82, 2.24) is 15.3 Å². The van der Waals surface area contributed by atoms with Gasteiger partial charge in [-0.05, 0) is 43.5 Å². The summed E-state index contributed by atoms with van der Waals surface area (Å²) in [7, 11) is 0. The molecule has 5 N–H and O–H groups in total. The van der Waals surface area contributed by atoms with Gasteiger partial charge in [0.25, 0.3) is 5.56 Å². The summed E-state index contributed by atoms with van der Waals surface area (Å²) in [6.07, 6.45) is 2.21. The van der Waals surface area contributed by atoms with Crippen LogP contribution in [0.1, 0.15) is 40.5 Å². The van der Waals surface area contributed by atoms with E-state index in [1.54, 1.807) is 0 Å². The number of nitrogens with one attached hydrogen (secondary N) is 3. The van der Waals surface area contributed by atoms with Gasteiger partial charge < -0.3 is 25.5 Å². The summed E-state index contributed by atoms with van der Waals surface area (Å²) in [4.78, 5) is 29.5. The monoisotopic (exact) mass is 367 g/mol. The first-order valence-corrected chi connectivity index (χ1v) is 9.07. The molecule has 7 nitrogen and oxygen atoms in total. The second-order valence-corrected chi connectivity index (χ2v) is 6.86. The van der Waals surface area contributed by atoms with E-state index in [2.05, 4.69) is 28.3 Å². The Bertz CT molecular complexity index is 1110. The molecule has 3 aromatic rings. The minimum Gasteiger partial charge on any atom is -0.506 e. The van der Waals surface area contributed by atoms with Crippen molar-refractivity contribution in [2.24, 2.45) is 0 Å². The fraction of sp³-hybridized carbons (Fsp3) is 0.300. The number of rotatable bonds is 5. The zero-order chi connectivity index (χ0) is 19.1. The normalized spacial score (nSPS) is 12.8. The molecule has 27 heavy (non-hydrogen) atoms. The van der Waals surface area contributed by atoms with E-state index in [1.807, 2.05) is 12.1 Å². The number of aromatic hydroxyl groups is 1. The Hall–Kier alpha value is -3.06. The van der Waals surface area contributed by atoms with Gasteiger partial charge in [0.2, 0.25) is 0 Å². The van der Waals surface area contributed by atoms with Crippen LogP contribution in [0.3, 0.4) is 0 Å². The number of benzene rings is 1. The fourth-order valence-electron chi connectivity index (χ4n) is 3.87. The van der Waals surface area contributed by atoms with E-state index in [0.29, 0.717) is 24.1 Å². The number of hydrogen-bond acceptors (Lipinski definition) is 4. The molecule has 0 spiro atoms. The predicted octanol–water partition coefficient (Wildman–Crippen LogP) is 2.53. The minimum atomic E-state index is -1.42. The van der Waals surface area contributed by atoms with Crippen LogP contribution in [0.4, 0.5) is 0 Å². The second kappa shape index (κ2) is 6.59. The maximum atomic E-state index is 12.2. The molecule has 1 aliphatic carbocycles. The van der Waals surface area contributed by atoms with Crippen molar-refractivity contribution < 1.29 is 15.0 Å². The van der Waals surface area contributed by atoms with Gasteiger partial charge in [-0.2, -0.15) is 0 Å². The topological polar surface area (TPSA) is 118 Å². The molecule has 0 atom stereocenters. The van der Waals surface area contributed by atoms with Crippen LogP contribution in [0, 0.1) is 0 Å². The molecule has 0 radical (unpaired) electrons. The quantitative estimate of drug-likeness (QED) is 0.444. The van der Waals surface area contributed by atoms with Gasteiger partial charge in [0, 0.05) is 34.3 Å². The highest BCUT2D eigenvalue weighted by Crippen LogP contribution is 2.39. The highest BCUT2D eigenvalue weighted by molar-refractivity contribution is 5.95. The molecule has 1 aliphatic rings.